The van der Waals surface area contributed by atoms with Gasteiger partial charge in [-0.1, -0.05) is 0 Å². The van der Waals surface area contributed by atoms with E-state index in [0.29, 0.717) is 24.4 Å². The SMILES string of the molecule is C[C@@H]1CCC[C@@H](C)[NH+]1C[C@H](O)COc1ccc([N+](=O)[O-])cc1. The molecule has 0 spiro atoms. The fraction of sp³-hybridized carbons (Fsp3) is 0.625. The Morgan fingerprint density at radius 3 is 2.45 bits per heavy atom. The van der Waals surface area contributed by atoms with Crippen LogP contribution < -0.4 is 9.64 Å². The lowest BCUT2D eigenvalue weighted by Gasteiger charge is -2.36. The van der Waals surface area contributed by atoms with E-state index < -0.39 is 11.0 Å². The topological polar surface area (TPSA) is 77.0 Å². The molecule has 1 aliphatic heterocycles. The van der Waals surface area contributed by atoms with Crippen LogP contribution in [0.1, 0.15) is 33.1 Å². The number of piperidine rings is 1. The first-order valence-electron chi connectivity index (χ1n) is 7.88. The zero-order valence-corrected chi connectivity index (χ0v) is 13.2. The first kappa shape index (κ1) is 16.7. The van der Waals surface area contributed by atoms with Crippen molar-refractivity contribution in [2.75, 3.05) is 13.2 Å². The largest absolute Gasteiger partial charge is 0.491 e. The minimum Gasteiger partial charge on any atom is -0.491 e. The Hall–Kier alpha value is -1.66. The average molecular weight is 309 g/mol. The van der Waals surface area contributed by atoms with E-state index in [1.807, 2.05) is 0 Å². The van der Waals surface area contributed by atoms with E-state index >= 15 is 0 Å². The third-order valence-corrected chi connectivity index (χ3v) is 4.50. The molecular formula is C16H25N2O4+. The Morgan fingerprint density at radius 2 is 1.91 bits per heavy atom. The highest BCUT2D eigenvalue weighted by atomic mass is 16.6. The number of non-ortho nitro benzene ring substituents is 1. The quantitative estimate of drug-likeness (QED) is 0.611. The number of rotatable bonds is 6. The van der Waals surface area contributed by atoms with E-state index in [2.05, 4.69) is 13.8 Å². The van der Waals surface area contributed by atoms with Gasteiger partial charge in [0.25, 0.3) is 5.69 Å². The van der Waals surface area contributed by atoms with Crippen molar-refractivity contribution in [3.8, 4) is 5.75 Å². The van der Waals surface area contributed by atoms with Crippen LogP contribution in [0.5, 0.6) is 5.75 Å². The molecule has 2 N–H and O–H groups in total. The number of nitro benzene ring substituents is 1. The van der Waals surface area contributed by atoms with Crippen molar-refractivity contribution in [3.05, 3.63) is 34.4 Å². The molecule has 0 amide bonds. The number of quaternary nitrogens is 1. The smallest absolute Gasteiger partial charge is 0.269 e. The van der Waals surface area contributed by atoms with Crippen LogP contribution in [0, 0.1) is 10.1 Å². The Balaban J connectivity index is 1.81. The van der Waals surface area contributed by atoms with E-state index in [0.717, 1.165) is 0 Å². The van der Waals surface area contributed by atoms with Gasteiger partial charge in [-0.2, -0.15) is 0 Å². The molecule has 0 saturated carbocycles. The number of nitro groups is 1. The predicted octanol–water partition coefficient (Wildman–Crippen LogP) is 1.18. The molecule has 1 aromatic rings. The summed E-state index contributed by atoms with van der Waals surface area (Å²) in [5.41, 5.74) is 0.0355. The molecule has 0 radical (unpaired) electrons. The first-order valence-corrected chi connectivity index (χ1v) is 7.88. The van der Waals surface area contributed by atoms with Gasteiger partial charge in [0.1, 0.15) is 25.0 Å². The fourth-order valence-corrected chi connectivity index (χ4v) is 3.18. The van der Waals surface area contributed by atoms with E-state index in [1.165, 1.54) is 36.3 Å². The van der Waals surface area contributed by atoms with Crippen molar-refractivity contribution in [1.29, 1.82) is 0 Å². The number of aliphatic hydroxyl groups excluding tert-OH is 1. The molecule has 122 valence electrons. The molecule has 1 heterocycles. The maximum atomic E-state index is 10.6. The van der Waals surface area contributed by atoms with Crippen molar-refractivity contribution in [2.24, 2.45) is 0 Å². The molecular weight excluding hydrogens is 284 g/mol. The highest BCUT2D eigenvalue weighted by Crippen LogP contribution is 2.17. The van der Waals surface area contributed by atoms with Gasteiger partial charge in [0, 0.05) is 12.1 Å². The van der Waals surface area contributed by atoms with Crippen molar-refractivity contribution < 1.29 is 19.7 Å². The summed E-state index contributed by atoms with van der Waals surface area (Å²) in [6, 6.07) is 7.06. The standard InChI is InChI=1S/C16H24N2O4/c1-12-4-3-5-13(2)17(12)10-15(19)11-22-16-8-6-14(7-9-16)18(20)21/h6-9,12-13,15,19H,3-5,10-11H2,1-2H3/p+1/t12-,13-,15+/m1/s1. The molecule has 0 aromatic heterocycles. The minimum atomic E-state index is -0.534. The van der Waals surface area contributed by atoms with E-state index in [-0.39, 0.29) is 12.3 Å². The summed E-state index contributed by atoms with van der Waals surface area (Å²) >= 11 is 0. The molecule has 6 heteroatoms. The predicted molar refractivity (Wildman–Crippen MR) is 83.2 cm³/mol. The Bertz CT molecular complexity index is 481. The van der Waals surface area contributed by atoms with Crippen molar-refractivity contribution in [3.63, 3.8) is 0 Å². The first-order chi connectivity index (χ1) is 10.5. The van der Waals surface area contributed by atoms with Gasteiger partial charge in [-0.05, 0) is 45.2 Å². The molecule has 1 fully saturated rings. The van der Waals surface area contributed by atoms with E-state index in [1.54, 1.807) is 12.1 Å². The van der Waals surface area contributed by atoms with Gasteiger partial charge in [-0.15, -0.1) is 0 Å². The number of benzene rings is 1. The molecule has 3 atom stereocenters. The summed E-state index contributed by atoms with van der Waals surface area (Å²) in [6.45, 7) is 5.35. The fourth-order valence-electron chi connectivity index (χ4n) is 3.18. The molecule has 1 aliphatic rings. The van der Waals surface area contributed by atoms with Crippen LogP contribution in [0.4, 0.5) is 5.69 Å². The number of hydrogen-bond donors (Lipinski definition) is 2. The summed E-state index contributed by atoms with van der Waals surface area (Å²) in [6.07, 6.45) is 3.14. The van der Waals surface area contributed by atoms with Crippen LogP contribution in [0.25, 0.3) is 0 Å². The Labute approximate surface area is 130 Å². The van der Waals surface area contributed by atoms with Gasteiger partial charge in [-0.25, -0.2) is 0 Å². The van der Waals surface area contributed by atoms with Gasteiger partial charge in [0.15, 0.2) is 0 Å². The molecule has 0 unspecified atom stereocenters. The molecule has 1 saturated heterocycles. The van der Waals surface area contributed by atoms with Gasteiger partial charge in [-0.3, -0.25) is 10.1 Å². The summed E-state index contributed by atoms with van der Waals surface area (Å²) in [4.78, 5) is 11.6. The lowest BCUT2D eigenvalue weighted by molar-refractivity contribution is -0.954. The summed E-state index contributed by atoms with van der Waals surface area (Å²) in [5, 5.41) is 20.8. The van der Waals surface area contributed by atoms with Gasteiger partial charge in [0.2, 0.25) is 0 Å². The van der Waals surface area contributed by atoms with Gasteiger partial charge in [0.05, 0.1) is 17.0 Å². The second kappa shape index (κ2) is 7.56. The molecule has 6 nitrogen and oxygen atoms in total. The maximum Gasteiger partial charge on any atom is 0.269 e. The molecule has 22 heavy (non-hydrogen) atoms. The molecule has 0 bridgehead atoms. The van der Waals surface area contributed by atoms with Crippen LogP contribution in [-0.2, 0) is 0 Å². The number of ether oxygens (including phenoxy) is 1. The molecule has 1 aromatic carbocycles. The van der Waals surface area contributed by atoms with Crippen molar-refractivity contribution >= 4 is 5.69 Å². The average Bonchev–Trinajstić information content (AvgIpc) is 2.49. The monoisotopic (exact) mass is 309 g/mol. The third-order valence-electron chi connectivity index (χ3n) is 4.50. The van der Waals surface area contributed by atoms with Gasteiger partial charge >= 0.3 is 0 Å². The third kappa shape index (κ3) is 4.42. The number of likely N-dealkylation sites (tertiary alicyclic amines) is 1. The van der Waals surface area contributed by atoms with Crippen LogP contribution in [0.2, 0.25) is 0 Å². The molecule has 0 aliphatic carbocycles. The van der Waals surface area contributed by atoms with Crippen LogP contribution in [0.3, 0.4) is 0 Å². The number of aliphatic hydroxyl groups is 1. The van der Waals surface area contributed by atoms with E-state index in [9.17, 15) is 15.2 Å². The normalized spacial score (nSPS) is 24.0. The van der Waals surface area contributed by atoms with Crippen molar-refractivity contribution in [1.82, 2.24) is 0 Å². The highest BCUT2D eigenvalue weighted by Gasteiger charge is 2.30. The van der Waals surface area contributed by atoms with Crippen LogP contribution >= 0.6 is 0 Å². The lowest BCUT2D eigenvalue weighted by Crippen LogP contribution is -3.20. The zero-order valence-electron chi connectivity index (χ0n) is 13.2. The van der Waals surface area contributed by atoms with Crippen molar-refractivity contribution in [2.45, 2.75) is 51.3 Å². The maximum absolute atomic E-state index is 10.6. The summed E-state index contributed by atoms with van der Waals surface area (Å²) < 4.78 is 5.53. The summed E-state index contributed by atoms with van der Waals surface area (Å²) in [5.74, 6) is 0.541. The highest BCUT2D eigenvalue weighted by molar-refractivity contribution is 5.35. The number of nitrogens with zero attached hydrogens (tertiary/aromatic N) is 1. The molecule has 2 rings (SSSR count). The Morgan fingerprint density at radius 1 is 1.32 bits per heavy atom. The zero-order chi connectivity index (χ0) is 16.1. The lowest BCUT2D eigenvalue weighted by atomic mass is 9.97. The van der Waals surface area contributed by atoms with E-state index in [4.69, 9.17) is 4.74 Å². The second-order valence-corrected chi connectivity index (χ2v) is 6.23. The van der Waals surface area contributed by atoms with Gasteiger partial charge < -0.3 is 14.7 Å². The number of hydrogen-bond acceptors (Lipinski definition) is 4. The summed E-state index contributed by atoms with van der Waals surface area (Å²) in [7, 11) is 0. The second-order valence-electron chi connectivity index (χ2n) is 6.23. The van der Waals surface area contributed by atoms with Crippen LogP contribution in [-0.4, -0.2) is 41.4 Å². The van der Waals surface area contributed by atoms with Crippen LogP contribution in [0.15, 0.2) is 24.3 Å². The minimum absolute atomic E-state index is 0.0355. The number of nitrogens with one attached hydrogen (secondary N) is 1. The Kier molecular flexibility index (Phi) is 5.74.